The van der Waals surface area contributed by atoms with E-state index in [2.05, 4.69) is 16.6 Å². The zero-order chi connectivity index (χ0) is 16.5. The van der Waals surface area contributed by atoms with Gasteiger partial charge in [0.1, 0.15) is 17.9 Å². The lowest BCUT2D eigenvalue weighted by Gasteiger charge is -2.21. The summed E-state index contributed by atoms with van der Waals surface area (Å²) in [6.07, 6.45) is 4.45. The smallest absolute Gasteiger partial charge is 0.408 e. The highest BCUT2D eigenvalue weighted by molar-refractivity contribution is 5.83. The summed E-state index contributed by atoms with van der Waals surface area (Å²) in [5.41, 5.74) is -0.698. The molecule has 0 saturated carbocycles. The molecule has 0 aromatic heterocycles. The van der Waals surface area contributed by atoms with Gasteiger partial charge in [-0.2, -0.15) is 0 Å². The number of hydrogen-bond donors (Lipinski definition) is 1. The number of hydrogen-bond acceptors (Lipinski definition) is 4. The van der Waals surface area contributed by atoms with Gasteiger partial charge < -0.3 is 14.8 Å². The average Bonchev–Trinajstić information content (AvgIpc) is 2.37. The number of carbonyl (C=O) groups excluding carboxylic acids is 2. The number of halogens is 1. The lowest BCUT2D eigenvalue weighted by molar-refractivity contribution is -0.139. The second kappa shape index (κ2) is 8.94. The molecule has 0 heterocycles. The molecule has 0 aliphatic heterocycles. The Bertz CT molecular complexity index is 435. The van der Waals surface area contributed by atoms with E-state index in [4.69, 9.17) is 4.74 Å². The van der Waals surface area contributed by atoms with Gasteiger partial charge in [0, 0.05) is 0 Å². The third-order valence-corrected chi connectivity index (χ3v) is 1.96. The number of alkyl carbamates (subject to hydrolysis) is 1. The number of ether oxygens (including phenoxy) is 2. The van der Waals surface area contributed by atoms with Crippen molar-refractivity contribution in [3.8, 4) is 0 Å². The van der Waals surface area contributed by atoms with Gasteiger partial charge in [-0.15, -0.1) is 6.58 Å². The summed E-state index contributed by atoms with van der Waals surface area (Å²) in [6.45, 7) is 10.3. The van der Waals surface area contributed by atoms with Crippen LogP contribution in [0.15, 0.2) is 36.9 Å². The molecule has 118 valence electrons. The Labute approximate surface area is 124 Å². The Hall–Kier alpha value is -2.11. The van der Waals surface area contributed by atoms with Crippen molar-refractivity contribution in [1.29, 1.82) is 0 Å². The Kier molecular flexibility index (Phi) is 8.04. The van der Waals surface area contributed by atoms with E-state index >= 15 is 0 Å². The Morgan fingerprint density at radius 2 is 2.00 bits per heavy atom. The SMILES string of the molecule is C=C[C@H](NC(=O)OC(C)(C)C)C(=O)O/C=C(F)\C=C/CC. The van der Waals surface area contributed by atoms with Crippen molar-refractivity contribution >= 4 is 12.1 Å². The predicted molar refractivity (Wildman–Crippen MR) is 78.1 cm³/mol. The second-order valence-electron chi connectivity index (χ2n) is 5.11. The summed E-state index contributed by atoms with van der Waals surface area (Å²) in [5.74, 6) is -1.57. The monoisotopic (exact) mass is 299 g/mol. The first-order valence-corrected chi connectivity index (χ1v) is 6.54. The first-order chi connectivity index (χ1) is 9.69. The number of nitrogens with one attached hydrogen (secondary N) is 1. The van der Waals surface area contributed by atoms with Crippen molar-refractivity contribution < 1.29 is 23.5 Å². The molecule has 1 amide bonds. The molecular formula is C15H22FNO4. The minimum absolute atomic E-state index is 0.657. The van der Waals surface area contributed by atoms with Crippen molar-refractivity contribution in [3.63, 3.8) is 0 Å². The molecule has 21 heavy (non-hydrogen) atoms. The van der Waals surface area contributed by atoms with Crippen molar-refractivity contribution in [3.05, 3.63) is 36.9 Å². The highest BCUT2D eigenvalue weighted by Gasteiger charge is 2.22. The summed E-state index contributed by atoms with van der Waals surface area (Å²) < 4.78 is 22.8. The van der Waals surface area contributed by atoms with Crippen molar-refractivity contribution in [1.82, 2.24) is 5.32 Å². The normalized spacial score (nSPS) is 13.7. The molecule has 0 unspecified atom stereocenters. The third-order valence-electron chi connectivity index (χ3n) is 1.96. The summed E-state index contributed by atoms with van der Waals surface area (Å²) >= 11 is 0. The molecule has 0 aliphatic rings. The number of rotatable bonds is 6. The van der Waals surface area contributed by atoms with Crippen LogP contribution in [0, 0.1) is 0 Å². The van der Waals surface area contributed by atoms with E-state index < -0.39 is 29.5 Å². The van der Waals surface area contributed by atoms with Crippen LogP contribution in [0.2, 0.25) is 0 Å². The van der Waals surface area contributed by atoms with Crippen LogP contribution < -0.4 is 5.32 Å². The zero-order valence-corrected chi connectivity index (χ0v) is 12.8. The van der Waals surface area contributed by atoms with E-state index in [0.29, 0.717) is 12.7 Å². The highest BCUT2D eigenvalue weighted by Crippen LogP contribution is 2.07. The van der Waals surface area contributed by atoms with E-state index in [9.17, 15) is 14.0 Å². The van der Waals surface area contributed by atoms with Gasteiger partial charge in [0.2, 0.25) is 0 Å². The number of amides is 1. The fourth-order valence-electron chi connectivity index (χ4n) is 1.11. The van der Waals surface area contributed by atoms with Crippen LogP contribution >= 0.6 is 0 Å². The predicted octanol–water partition coefficient (Wildman–Crippen LogP) is 3.39. The Morgan fingerprint density at radius 1 is 1.38 bits per heavy atom. The molecule has 0 saturated heterocycles. The molecule has 0 bridgehead atoms. The Morgan fingerprint density at radius 3 is 2.48 bits per heavy atom. The molecule has 0 radical (unpaired) electrons. The van der Waals surface area contributed by atoms with Crippen LogP contribution in [0.5, 0.6) is 0 Å². The van der Waals surface area contributed by atoms with E-state index in [0.717, 1.165) is 0 Å². The standard InChI is InChI=1S/C15H22FNO4/c1-6-8-9-11(16)10-20-13(18)12(7-2)17-14(19)21-15(3,4)5/h7-10,12H,2,6H2,1,3-5H3,(H,17,19)/b9-8-,11-10+/t12-/m0/s1. The third kappa shape index (κ3) is 9.43. The lowest BCUT2D eigenvalue weighted by atomic mass is 10.2. The van der Waals surface area contributed by atoms with Gasteiger partial charge in [-0.05, 0) is 33.3 Å². The maximum Gasteiger partial charge on any atom is 0.408 e. The molecule has 1 N–H and O–H groups in total. The van der Waals surface area contributed by atoms with E-state index in [-0.39, 0.29) is 0 Å². The molecule has 0 spiro atoms. The maximum absolute atomic E-state index is 13.2. The average molecular weight is 299 g/mol. The molecule has 0 aliphatic carbocycles. The van der Waals surface area contributed by atoms with Crippen molar-refractivity contribution in [2.24, 2.45) is 0 Å². The van der Waals surface area contributed by atoms with E-state index in [1.165, 1.54) is 12.2 Å². The molecular weight excluding hydrogens is 277 g/mol. The van der Waals surface area contributed by atoms with Gasteiger partial charge in [-0.3, -0.25) is 0 Å². The number of allylic oxidation sites excluding steroid dienone is 3. The topological polar surface area (TPSA) is 64.6 Å². The van der Waals surface area contributed by atoms with Crippen LogP contribution in [0.4, 0.5) is 9.18 Å². The van der Waals surface area contributed by atoms with Gasteiger partial charge in [0.25, 0.3) is 0 Å². The van der Waals surface area contributed by atoms with Crippen LogP contribution in [0.1, 0.15) is 34.1 Å². The molecule has 0 aromatic carbocycles. The molecule has 6 heteroatoms. The van der Waals surface area contributed by atoms with E-state index in [1.54, 1.807) is 26.8 Å². The summed E-state index contributed by atoms with van der Waals surface area (Å²) in [6, 6.07) is -1.13. The van der Waals surface area contributed by atoms with Crippen LogP contribution in [-0.4, -0.2) is 23.7 Å². The zero-order valence-electron chi connectivity index (χ0n) is 12.8. The summed E-state index contributed by atoms with van der Waals surface area (Å²) in [5, 5.41) is 2.27. The van der Waals surface area contributed by atoms with Crippen molar-refractivity contribution in [2.45, 2.75) is 45.8 Å². The highest BCUT2D eigenvalue weighted by atomic mass is 19.1. The minimum Gasteiger partial charge on any atom is -0.444 e. The maximum atomic E-state index is 13.2. The number of carbonyl (C=O) groups is 2. The van der Waals surface area contributed by atoms with Crippen molar-refractivity contribution in [2.75, 3.05) is 0 Å². The van der Waals surface area contributed by atoms with Gasteiger partial charge in [-0.25, -0.2) is 14.0 Å². The van der Waals surface area contributed by atoms with Crippen LogP contribution in [-0.2, 0) is 14.3 Å². The largest absolute Gasteiger partial charge is 0.444 e. The summed E-state index contributed by atoms with van der Waals surface area (Å²) in [4.78, 5) is 23.2. The first kappa shape index (κ1) is 18.9. The van der Waals surface area contributed by atoms with Gasteiger partial charge in [0.15, 0.2) is 5.83 Å². The second-order valence-corrected chi connectivity index (χ2v) is 5.11. The van der Waals surface area contributed by atoms with Crippen LogP contribution in [0.3, 0.4) is 0 Å². The van der Waals surface area contributed by atoms with Gasteiger partial charge in [0.05, 0.1) is 0 Å². The van der Waals surface area contributed by atoms with Gasteiger partial charge in [-0.1, -0.05) is 19.1 Å². The summed E-state index contributed by atoms with van der Waals surface area (Å²) in [7, 11) is 0. The molecule has 0 aromatic rings. The van der Waals surface area contributed by atoms with Gasteiger partial charge >= 0.3 is 12.1 Å². The molecule has 1 atom stereocenters. The van der Waals surface area contributed by atoms with Crippen LogP contribution in [0.25, 0.3) is 0 Å². The Balaban J connectivity index is 4.53. The fourth-order valence-corrected chi connectivity index (χ4v) is 1.11. The minimum atomic E-state index is -1.13. The fraction of sp³-hybridized carbons (Fsp3) is 0.467. The molecule has 0 fully saturated rings. The molecule has 5 nitrogen and oxygen atoms in total. The quantitative estimate of drug-likeness (QED) is 0.353. The first-order valence-electron chi connectivity index (χ1n) is 6.54. The lowest BCUT2D eigenvalue weighted by Crippen LogP contribution is -2.42. The molecule has 0 rings (SSSR count). The van der Waals surface area contributed by atoms with E-state index in [1.807, 2.05) is 6.92 Å². The number of esters is 1.